The lowest BCUT2D eigenvalue weighted by atomic mass is 10.0. The molecular formula is C14H9N2+. The predicted molar refractivity (Wildman–Crippen MR) is 66.0 cm³/mol. The standard InChI is InChI=1S/C14H8N2/c1-2-4-13-9(3-1)10-5-6-12-11(7-8-15-12)14(10)16-13/h1-8H/p+1. The minimum atomic E-state index is 0. The third kappa shape index (κ3) is 0.865. The van der Waals surface area contributed by atoms with Gasteiger partial charge < -0.3 is 0 Å². The van der Waals surface area contributed by atoms with Gasteiger partial charge in [0.05, 0.1) is 16.7 Å². The van der Waals surface area contributed by atoms with E-state index in [0.29, 0.717) is 0 Å². The molecule has 0 fully saturated rings. The van der Waals surface area contributed by atoms with Crippen LogP contribution in [-0.4, -0.2) is 6.21 Å². The van der Waals surface area contributed by atoms with E-state index in [9.17, 15) is 0 Å². The van der Waals surface area contributed by atoms with Crippen molar-refractivity contribution < 1.29 is 1.43 Å². The van der Waals surface area contributed by atoms with Crippen LogP contribution in [0.1, 0.15) is 1.43 Å². The molecular weight excluding hydrogens is 196 g/mol. The van der Waals surface area contributed by atoms with E-state index >= 15 is 0 Å². The molecule has 0 saturated carbocycles. The fourth-order valence-electron chi connectivity index (χ4n) is 2.32. The van der Waals surface area contributed by atoms with Crippen molar-refractivity contribution in [3.8, 4) is 11.1 Å². The van der Waals surface area contributed by atoms with E-state index in [1.165, 1.54) is 11.1 Å². The average molecular weight is 205 g/mol. The topological polar surface area (TPSA) is 24.7 Å². The molecule has 0 unspecified atom stereocenters. The Bertz CT molecular complexity index is 760. The van der Waals surface area contributed by atoms with E-state index in [0.717, 1.165) is 22.0 Å². The van der Waals surface area contributed by atoms with Crippen molar-refractivity contribution in [2.75, 3.05) is 0 Å². The first-order chi connectivity index (χ1) is 7.93. The van der Waals surface area contributed by atoms with E-state index in [-0.39, 0.29) is 1.43 Å². The molecule has 0 atom stereocenters. The second kappa shape index (κ2) is 2.67. The molecule has 4 rings (SSSR count). The molecule has 16 heavy (non-hydrogen) atoms. The summed E-state index contributed by atoms with van der Waals surface area (Å²) in [6.07, 6.45) is 3.87. The first-order valence-corrected chi connectivity index (χ1v) is 5.29. The maximum atomic E-state index is 4.68. The van der Waals surface area contributed by atoms with E-state index in [4.69, 9.17) is 0 Å². The molecule has 0 radical (unpaired) electrons. The maximum Gasteiger partial charge on any atom is 1.00 e. The molecule has 0 amide bonds. The van der Waals surface area contributed by atoms with Crippen LogP contribution in [0.5, 0.6) is 0 Å². The molecule has 2 aromatic rings. The first-order valence-electron chi connectivity index (χ1n) is 5.29. The van der Waals surface area contributed by atoms with Gasteiger partial charge in [0.25, 0.3) is 0 Å². The molecule has 0 N–H and O–H groups in total. The number of hydrogen-bond donors (Lipinski definition) is 0. The zero-order chi connectivity index (χ0) is 10.5. The van der Waals surface area contributed by atoms with Crippen LogP contribution in [0.25, 0.3) is 17.2 Å². The molecule has 2 aromatic carbocycles. The summed E-state index contributed by atoms with van der Waals surface area (Å²) in [6.45, 7) is 0. The minimum Gasteiger partial charge on any atom is -0.256 e. The van der Waals surface area contributed by atoms with Crippen LogP contribution in [-0.2, 0) is 0 Å². The van der Waals surface area contributed by atoms with Gasteiger partial charge in [-0.3, -0.25) is 4.99 Å². The molecule has 0 spiro atoms. The summed E-state index contributed by atoms with van der Waals surface area (Å²) in [7, 11) is 0. The normalized spacial score (nSPS) is 13.8. The number of rotatable bonds is 0. The van der Waals surface area contributed by atoms with Crippen molar-refractivity contribution in [3.05, 3.63) is 47.0 Å². The summed E-state index contributed by atoms with van der Waals surface area (Å²) in [6, 6.07) is 12.4. The lowest BCUT2D eigenvalue weighted by Crippen LogP contribution is -2.23. The number of fused-ring (bicyclic) bond motifs is 5. The van der Waals surface area contributed by atoms with Gasteiger partial charge in [0.15, 0.2) is 0 Å². The summed E-state index contributed by atoms with van der Waals surface area (Å²) >= 11 is 0. The Morgan fingerprint density at radius 1 is 0.875 bits per heavy atom. The van der Waals surface area contributed by atoms with E-state index < -0.39 is 0 Å². The molecule has 2 aliphatic rings. The smallest absolute Gasteiger partial charge is 0.256 e. The zero-order valence-electron chi connectivity index (χ0n) is 9.51. The number of nitrogens with zero attached hydrogens (tertiary/aromatic N) is 2. The first kappa shape index (κ1) is 7.99. The Kier molecular flexibility index (Phi) is 1.33. The Balaban J connectivity index is 0.000000902. The molecule has 0 aliphatic carbocycles. The van der Waals surface area contributed by atoms with Gasteiger partial charge in [-0.05, 0) is 24.3 Å². The second-order valence-corrected chi connectivity index (χ2v) is 3.97. The molecule has 0 bridgehead atoms. The van der Waals surface area contributed by atoms with Crippen molar-refractivity contribution in [2.45, 2.75) is 0 Å². The highest BCUT2D eigenvalue weighted by atomic mass is 14.8. The van der Waals surface area contributed by atoms with Crippen molar-refractivity contribution in [1.29, 1.82) is 0 Å². The van der Waals surface area contributed by atoms with Crippen LogP contribution in [0.4, 0.5) is 11.4 Å². The summed E-state index contributed by atoms with van der Waals surface area (Å²) in [5.74, 6) is 0. The van der Waals surface area contributed by atoms with Gasteiger partial charge in [0.1, 0.15) is 0 Å². The van der Waals surface area contributed by atoms with Crippen LogP contribution in [0.15, 0.2) is 46.4 Å². The van der Waals surface area contributed by atoms with E-state index in [1.54, 1.807) is 0 Å². The van der Waals surface area contributed by atoms with Gasteiger partial charge in [-0.2, -0.15) is 0 Å². The molecule has 2 heterocycles. The SMILES string of the molecule is C1=Nc2ccc3c(c2=C1)=Nc1ccccc1-3.[H+]. The molecule has 74 valence electrons. The lowest BCUT2D eigenvalue weighted by Gasteiger charge is -1.98. The van der Waals surface area contributed by atoms with Gasteiger partial charge in [0, 0.05) is 22.6 Å². The van der Waals surface area contributed by atoms with Crippen molar-refractivity contribution >= 4 is 23.7 Å². The van der Waals surface area contributed by atoms with Crippen molar-refractivity contribution in [2.24, 2.45) is 9.98 Å². The van der Waals surface area contributed by atoms with Crippen LogP contribution >= 0.6 is 0 Å². The van der Waals surface area contributed by atoms with Gasteiger partial charge in [-0.25, -0.2) is 4.99 Å². The molecule has 2 aliphatic heterocycles. The zero-order valence-corrected chi connectivity index (χ0v) is 8.51. The number of para-hydroxylation sites is 1. The number of aliphatic imine (C=N–C) groups is 1. The van der Waals surface area contributed by atoms with Crippen LogP contribution < -0.4 is 10.6 Å². The predicted octanol–water partition coefficient (Wildman–Crippen LogP) is 2.23. The lowest BCUT2D eigenvalue weighted by molar-refractivity contribution is 1.36. The fraction of sp³-hybridized carbons (Fsp3) is 0. The fourth-order valence-corrected chi connectivity index (χ4v) is 2.32. The summed E-state index contributed by atoms with van der Waals surface area (Å²) < 4.78 is 0. The molecule has 2 nitrogen and oxygen atoms in total. The number of hydrogen-bond acceptors (Lipinski definition) is 2. The Labute approximate surface area is 93.8 Å². The van der Waals surface area contributed by atoms with Gasteiger partial charge in [0.2, 0.25) is 0 Å². The minimum absolute atomic E-state index is 0. The highest BCUT2D eigenvalue weighted by Crippen LogP contribution is 2.31. The van der Waals surface area contributed by atoms with Gasteiger partial charge >= 0.3 is 1.43 Å². The van der Waals surface area contributed by atoms with Gasteiger partial charge in [-0.1, -0.05) is 18.2 Å². The third-order valence-electron chi connectivity index (χ3n) is 3.08. The summed E-state index contributed by atoms with van der Waals surface area (Å²) in [4.78, 5) is 8.97. The van der Waals surface area contributed by atoms with Crippen LogP contribution in [0, 0.1) is 0 Å². The van der Waals surface area contributed by atoms with E-state index in [2.05, 4.69) is 40.3 Å². The Hall–Kier alpha value is -2.22. The van der Waals surface area contributed by atoms with Crippen molar-refractivity contribution in [1.82, 2.24) is 0 Å². The maximum absolute atomic E-state index is 4.68. The van der Waals surface area contributed by atoms with Crippen LogP contribution in [0.2, 0.25) is 0 Å². The molecule has 2 heteroatoms. The largest absolute Gasteiger partial charge is 1.00 e. The monoisotopic (exact) mass is 205 g/mol. The van der Waals surface area contributed by atoms with Crippen molar-refractivity contribution in [3.63, 3.8) is 0 Å². The summed E-state index contributed by atoms with van der Waals surface area (Å²) in [5.41, 5.74) is 4.53. The average Bonchev–Trinajstić information content (AvgIpc) is 2.92. The highest BCUT2D eigenvalue weighted by molar-refractivity contribution is 5.97. The Morgan fingerprint density at radius 3 is 2.81 bits per heavy atom. The highest BCUT2D eigenvalue weighted by Gasteiger charge is 2.15. The van der Waals surface area contributed by atoms with Crippen LogP contribution in [0.3, 0.4) is 0 Å². The Morgan fingerprint density at radius 2 is 1.81 bits per heavy atom. The second-order valence-electron chi connectivity index (χ2n) is 3.97. The van der Waals surface area contributed by atoms with E-state index in [1.807, 2.05) is 18.4 Å². The quantitative estimate of drug-likeness (QED) is 0.537. The molecule has 0 aromatic heterocycles. The molecule has 0 saturated heterocycles. The third-order valence-corrected chi connectivity index (χ3v) is 3.08. The summed E-state index contributed by atoms with van der Waals surface area (Å²) in [5, 5.41) is 2.21. The van der Waals surface area contributed by atoms with Gasteiger partial charge in [-0.15, -0.1) is 0 Å². The number of benzene rings is 2.